The summed E-state index contributed by atoms with van der Waals surface area (Å²) in [5.74, 6) is 3.26. The van der Waals surface area contributed by atoms with Crippen LogP contribution in [0.1, 0.15) is 90.5 Å². The first-order chi connectivity index (χ1) is 15.9. The molecule has 5 heteroatoms. The topological polar surface area (TPSA) is 41.4 Å². The van der Waals surface area contributed by atoms with Crippen molar-refractivity contribution in [3.8, 4) is 0 Å². The highest BCUT2D eigenvalue weighted by atomic mass is 16.1. The minimum Gasteiger partial charge on any atom is -0.303 e. The van der Waals surface area contributed by atoms with Gasteiger partial charge < -0.3 is 9.80 Å². The Hall–Kier alpha value is -1.20. The fourth-order valence-corrected chi connectivity index (χ4v) is 6.46. The smallest absolute Gasteiger partial charge is 0.138 e. The number of aromatic nitrogens is 2. The molecule has 186 valence electrons. The molecule has 1 saturated carbocycles. The minimum absolute atomic E-state index is 0.204. The number of carbonyl (C=O) groups is 1. The van der Waals surface area contributed by atoms with Gasteiger partial charge >= 0.3 is 0 Å². The van der Waals surface area contributed by atoms with Crippen molar-refractivity contribution in [2.75, 3.05) is 32.7 Å². The molecule has 1 aromatic rings. The van der Waals surface area contributed by atoms with Gasteiger partial charge in [-0.15, -0.1) is 0 Å². The summed E-state index contributed by atoms with van der Waals surface area (Å²) < 4.78 is 2.18. The summed E-state index contributed by atoms with van der Waals surface area (Å²) >= 11 is 0. The number of piperidine rings is 2. The minimum atomic E-state index is 0.204. The van der Waals surface area contributed by atoms with E-state index in [9.17, 15) is 4.79 Å². The normalized spacial score (nSPS) is 27.0. The van der Waals surface area contributed by atoms with Gasteiger partial charge in [0, 0.05) is 37.2 Å². The SMILES string of the molecule is CC(C)c1cnn(CC2CCN(CC3CCN([C@H]4CC[C@H](C(=O)C(C)C)CC4)CC3)CC2)c1. The largest absolute Gasteiger partial charge is 0.303 e. The van der Waals surface area contributed by atoms with E-state index < -0.39 is 0 Å². The highest BCUT2D eigenvalue weighted by Gasteiger charge is 2.32. The van der Waals surface area contributed by atoms with E-state index in [0.717, 1.165) is 37.3 Å². The molecule has 3 fully saturated rings. The first-order valence-corrected chi connectivity index (χ1v) is 13.9. The summed E-state index contributed by atoms with van der Waals surface area (Å²) in [7, 11) is 0. The van der Waals surface area contributed by atoms with Crippen molar-refractivity contribution in [2.24, 2.45) is 23.7 Å². The average Bonchev–Trinajstić information content (AvgIpc) is 3.29. The molecular weight excluding hydrogens is 408 g/mol. The molecule has 3 aliphatic rings. The van der Waals surface area contributed by atoms with Crippen LogP contribution in [0.3, 0.4) is 0 Å². The van der Waals surface area contributed by atoms with Gasteiger partial charge in [-0.1, -0.05) is 27.7 Å². The first-order valence-electron chi connectivity index (χ1n) is 13.9. The number of likely N-dealkylation sites (tertiary alicyclic amines) is 2. The van der Waals surface area contributed by atoms with Crippen molar-refractivity contribution < 1.29 is 4.79 Å². The molecule has 1 aliphatic carbocycles. The molecule has 4 rings (SSSR count). The van der Waals surface area contributed by atoms with E-state index in [1.807, 2.05) is 6.20 Å². The summed E-state index contributed by atoms with van der Waals surface area (Å²) in [4.78, 5) is 17.8. The summed E-state index contributed by atoms with van der Waals surface area (Å²) in [6, 6.07) is 0.733. The lowest BCUT2D eigenvalue weighted by Crippen LogP contribution is -2.46. The summed E-state index contributed by atoms with van der Waals surface area (Å²) in [5.41, 5.74) is 1.36. The Morgan fingerprint density at radius 2 is 1.48 bits per heavy atom. The second kappa shape index (κ2) is 11.5. The lowest BCUT2D eigenvalue weighted by Gasteiger charge is -2.42. The molecule has 3 heterocycles. The van der Waals surface area contributed by atoms with E-state index >= 15 is 0 Å². The summed E-state index contributed by atoms with van der Waals surface area (Å²) in [6.07, 6.45) is 14.3. The molecular formula is C28H48N4O. The summed E-state index contributed by atoms with van der Waals surface area (Å²) in [5, 5.41) is 4.59. The zero-order valence-electron chi connectivity index (χ0n) is 21.7. The molecule has 0 bridgehead atoms. The molecule has 33 heavy (non-hydrogen) atoms. The van der Waals surface area contributed by atoms with Crippen molar-refractivity contribution in [1.82, 2.24) is 19.6 Å². The van der Waals surface area contributed by atoms with Crippen LogP contribution in [0.5, 0.6) is 0 Å². The predicted octanol–water partition coefficient (Wildman–Crippen LogP) is 5.21. The quantitative estimate of drug-likeness (QED) is 0.538. The number of rotatable bonds is 8. The van der Waals surface area contributed by atoms with Crippen LogP contribution in [0.15, 0.2) is 12.4 Å². The van der Waals surface area contributed by atoms with Gasteiger partial charge in [-0.25, -0.2) is 0 Å². The first kappa shape index (κ1) is 24.9. The Balaban J connectivity index is 1.12. The van der Waals surface area contributed by atoms with Crippen molar-refractivity contribution in [3.63, 3.8) is 0 Å². The van der Waals surface area contributed by atoms with Gasteiger partial charge in [0.05, 0.1) is 6.20 Å². The second-order valence-corrected chi connectivity index (χ2v) is 11.9. The van der Waals surface area contributed by atoms with Crippen LogP contribution >= 0.6 is 0 Å². The summed E-state index contributed by atoms with van der Waals surface area (Å²) in [6.45, 7) is 16.1. The molecule has 0 radical (unpaired) electrons. The maximum absolute atomic E-state index is 12.3. The monoisotopic (exact) mass is 456 g/mol. The van der Waals surface area contributed by atoms with Crippen LogP contribution in [0.25, 0.3) is 0 Å². The van der Waals surface area contributed by atoms with Gasteiger partial charge in [0.2, 0.25) is 0 Å². The Labute approximate surface area is 202 Å². The van der Waals surface area contributed by atoms with Gasteiger partial charge in [-0.2, -0.15) is 5.10 Å². The fourth-order valence-electron chi connectivity index (χ4n) is 6.46. The zero-order valence-corrected chi connectivity index (χ0v) is 21.7. The van der Waals surface area contributed by atoms with Crippen molar-refractivity contribution in [3.05, 3.63) is 18.0 Å². The van der Waals surface area contributed by atoms with Crippen LogP contribution in [-0.4, -0.2) is 64.1 Å². The van der Waals surface area contributed by atoms with Crippen molar-refractivity contribution in [2.45, 2.75) is 97.6 Å². The molecule has 0 atom stereocenters. The third kappa shape index (κ3) is 6.69. The van der Waals surface area contributed by atoms with E-state index in [1.54, 1.807) is 0 Å². The molecule has 1 aromatic heterocycles. The van der Waals surface area contributed by atoms with Crippen LogP contribution in [0.4, 0.5) is 0 Å². The molecule has 2 saturated heterocycles. The highest BCUT2D eigenvalue weighted by molar-refractivity contribution is 5.82. The van der Waals surface area contributed by atoms with Crippen LogP contribution in [-0.2, 0) is 11.3 Å². The molecule has 0 unspecified atom stereocenters. The second-order valence-electron chi connectivity index (χ2n) is 11.9. The van der Waals surface area contributed by atoms with E-state index in [2.05, 4.69) is 53.5 Å². The van der Waals surface area contributed by atoms with Gasteiger partial charge in [-0.3, -0.25) is 9.48 Å². The maximum atomic E-state index is 12.3. The van der Waals surface area contributed by atoms with E-state index in [-0.39, 0.29) is 5.92 Å². The average molecular weight is 457 g/mol. The van der Waals surface area contributed by atoms with Crippen LogP contribution in [0.2, 0.25) is 0 Å². The van der Waals surface area contributed by atoms with Crippen LogP contribution < -0.4 is 0 Å². The van der Waals surface area contributed by atoms with Crippen molar-refractivity contribution >= 4 is 5.78 Å². The van der Waals surface area contributed by atoms with Gasteiger partial charge in [0.15, 0.2) is 0 Å². The zero-order chi connectivity index (χ0) is 23.4. The number of hydrogen-bond donors (Lipinski definition) is 0. The van der Waals surface area contributed by atoms with Gasteiger partial charge in [0.1, 0.15) is 5.78 Å². The van der Waals surface area contributed by atoms with E-state index in [0.29, 0.717) is 17.6 Å². The standard InChI is InChI=1S/C28H48N4O/c1-21(2)26-17-29-32(20-26)19-24-9-13-30(14-10-24)18-23-11-15-31(16-12-23)27-7-5-25(6-8-27)28(33)22(3)4/h17,20-25,27H,5-16,18-19H2,1-4H3/t25-,27-. The molecule has 0 spiro atoms. The number of hydrogen-bond acceptors (Lipinski definition) is 4. The molecule has 0 amide bonds. The number of ketones is 1. The molecule has 5 nitrogen and oxygen atoms in total. The lowest BCUT2D eigenvalue weighted by molar-refractivity contribution is -0.127. The van der Waals surface area contributed by atoms with Crippen molar-refractivity contribution in [1.29, 1.82) is 0 Å². The number of Topliss-reactive ketones (excluding diaryl/α,β-unsaturated/α-hetero) is 1. The maximum Gasteiger partial charge on any atom is 0.138 e. The third-order valence-corrected chi connectivity index (χ3v) is 8.82. The van der Waals surface area contributed by atoms with Gasteiger partial charge in [-0.05, 0) is 101 Å². The van der Waals surface area contributed by atoms with Crippen LogP contribution in [0, 0.1) is 23.7 Å². The van der Waals surface area contributed by atoms with E-state index in [1.165, 1.54) is 76.8 Å². The predicted molar refractivity (Wildman–Crippen MR) is 135 cm³/mol. The fraction of sp³-hybridized carbons (Fsp3) is 0.857. The Morgan fingerprint density at radius 3 is 2.06 bits per heavy atom. The molecule has 2 aliphatic heterocycles. The Bertz CT molecular complexity index is 733. The third-order valence-electron chi connectivity index (χ3n) is 8.82. The number of nitrogens with zero attached hydrogens (tertiary/aromatic N) is 4. The molecule has 0 N–H and O–H groups in total. The lowest BCUT2D eigenvalue weighted by atomic mass is 9.79. The highest BCUT2D eigenvalue weighted by Crippen LogP contribution is 2.32. The van der Waals surface area contributed by atoms with E-state index in [4.69, 9.17) is 0 Å². The molecule has 0 aromatic carbocycles. The number of carbonyl (C=O) groups excluding carboxylic acids is 1. The Kier molecular flexibility index (Phi) is 8.67. The Morgan fingerprint density at radius 1 is 0.879 bits per heavy atom. The van der Waals surface area contributed by atoms with Gasteiger partial charge in [0.25, 0.3) is 0 Å².